The van der Waals surface area contributed by atoms with Gasteiger partial charge in [-0.05, 0) is 30.7 Å². The SMILES string of the molecule is Cc1nc(Cc2ccccc2)sc1C(=O)Nc1ccc(Cl)cc1F. The lowest BCUT2D eigenvalue weighted by Gasteiger charge is -2.05. The Morgan fingerprint density at radius 2 is 2.00 bits per heavy atom. The van der Waals surface area contributed by atoms with Crippen LogP contribution in [0.3, 0.4) is 0 Å². The van der Waals surface area contributed by atoms with Gasteiger partial charge in [-0.1, -0.05) is 41.9 Å². The molecule has 24 heavy (non-hydrogen) atoms. The fraction of sp³-hybridized carbons (Fsp3) is 0.111. The first-order valence-electron chi connectivity index (χ1n) is 7.29. The first-order chi connectivity index (χ1) is 11.5. The van der Waals surface area contributed by atoms with Crippen molar-refractivity contribution in [2.75, 3.05) is 5.32 Å². The van der Waals surface area contributed by atoms with Crippen molar-refractivity contribution < 1.29 is 9.18 Å². The molecule has 1 aromatic heterocycles. The summed E-state index contributed by atoms with van der Waals surface area (Å²) in [6.45, 7) is 1.78. The number of aryl methyl sites for hydroxylation is 1. The summed E-state index contributed by atoms with van der Waals surface area (Å²) in [6.07, 6.45) is 0.662. The molecule has 0 spiro atoms. The van der Waals surface area contributed by atoms with Crippen LogP contribution in [0.5, 0.6) is 0 Å². The molecule has 3 nitrogen and oxygen atoms in total. The fourth-order valence-electron chi connectivity index (χ4n) is 2.28. The van der Waals surface area contributed by atoms with Gasteiger partial charge in [0.05, 0.1) is 16.4 Å². The van der Waals surface area contributed by atoms with Gasteiger partial charge < -0.3 is 5.32 Å². The highest BCUT2D eigenvalue weighted by molar-refractivity contribution is 7.14. The van der Waals surface area contributed by atoms with Crippen LogP contribution in [0.2, 0.25) is 5.02 Å². The first-order valence-corrected chi connectivity index (χ1v) is 8.49. The summed E-state index contributed by atoms with van der Waals surface area (Å²) in [7, 11) is 0. The van der Waals surface area contributed by atoms with Crippen LogP contribution in [0.15, 0.2) is 48.5 Å². The van der Waals surface area contributed by atoms with Crippen LogP contribution in [-0.2, 0) is 6.42 Å². The average molecular weight is 361 g/mol. The Morgan fingerprint density at radius 1 is 1.25 bits per heavy atom. The highest BCUT2D eigenvalue weighted by atomic mass is 35.5. The molecular formula is C18H14ClFN2OS. The van der Waals surface area contributed by atoms with Crippen LogP contribution in [0.1, 0.15) is 25.9 Å². The number of hydrogen-bond donors (Lipinski definition) is 1. The second kappa shape index (κ2) is 7.11. The van der Waals surface area contributed by atoms with Crippen LogP contribution in [-0.4, -0.2) is 10.9 Å². The van der Waals surface area contributed by atoms with E-state index in [1.807, 2.05) is 30.3 Å². The maximum absolute atomic E-state index is 13.8. The van der Waals surface area contributed by atoms with E-state index in [2.05, 4.69) is 10.3 Å². The lowest BCUT2D eigenvalue weighted by molar-refractivity contribution is 0.102. The number of nitrogens with zero attached hydrogens (tertiary/aromatic N) is 1. The molecule has 1 N–H and O–H groups in total. The highest BCUT2D eigenvalue weighted by Gasteiger charge is 2.17. The third kappa shape index (κ3) is 3.80. The van der Waals surface area contributed by atoms with E-state index >= 15 is 0 Å². The van der Waals surface area contributed by atoms with Gasteiger partial charge in [0.15, 0.2) is 0 Å². The number of carbonyl (C=O) groups is 1. The van der Waals surface area contributed by atoms with Crippen molar-refractivity contribution in [1.29, 1.82) is 0 Å². The van der Waals surface area contributed by atoms with Crippen molar-refractivity contribution >= 4 is 34.5 Å². The van der Waals surface area contributed by atoms with Gasteiger partial charge in [0.2, 0.25) is 0 Å². The molecule has 1 heterocycles. The Kier molecular flexibility index (Phi) is 4.92. The third-order valence-corrected chi connectivity index (χ3v) is 4.82. The smallest absolute Gasteiger partial charge is 0.267 e. The topological polar surface area (TPSA) is 42.0 Å². The van der Waals surface area contributed by atoms with Crippen LogP contribution in [0, 0.1) is 12.7 Å². The normalized spacial score (nSPS) is 10.6. The van der Waals surface area contributed by atoms with Crippen molar-refractivity contribution in [1.82, 2.24) is 4.98 Å². The predicted molar refractivity (Wildman–Crippen MR) is 95.5 cm³/mol. The monoisotopic (exact) mass is 360 g/mol. The molecular weight excluding hydrogens is 347 g/mol. The summed E-state index contributed by atoms with van der Waals surface area (Å²) < 4.78 is 13.8. The number of anilines is 1. The van der Waals surface area contributed by atoms with Crippen molar-refractivity contribution in [3.8, 4) is 0 Å². The Hall–Kier alpha value is -2.24. The zero-order valence-electron chi connectivity index (χ0n) is 12.8. The Labute approximate surface area is 148 Å². The number of benzene rings is 2. The maximum Gasteiger partial charge on any atom is 0.267 e. The molecule has 0 saturated heterocycles. The summed E-state index contributed by atoms with van der Waals surface area (Å²) in [5.41, 5.74) is 1.86. The molecule has 0 fully saturated rings. The summed E-state index contributed by atoms with van der Waals surface area (Å²) in [5, 5.41) is 3.70. The van der Waals surface area contributed by atoms with E-state index in [1.165, 1.54) is 23.5 Å². The summed E-state index contributed by atoms with van der Waals surface area (Å²) >= 11 is 7.03. The molecule has 3 rings (SSSR count). The van der Waals surface area contributed by atoms with Crippen LogP contribution >= 0.6 is 22.9 Å². The van der Waals surface area contributed by atoms with Gasteiger partial charge in [0.1, 0.15) is 10.7 Å². The van der Waals surface area contributed by atoms with Crippen LogP contribution in [0.4, 0.5) is 10.1 Å². The van der Waals surface area contributed by atoms with Gasteiger partial charge in [-0.25, -0.2) is 9.37 Å². The van der Waals surface area contributed by atoms with E-state index in [1.54, 1.807) is 6.92 Å². The van der Waals surface area contributed by atoms with Crippen LogP contribution < -0.4 is 5.32 Å². The quantitative estimate of drug-likeness (QED) is 0.704. The van der Waals surface area contributed by atoms with E-state index in [-0.39, 0.29) is 16.6 Å². The van der Waals surface area contributed by atoms with Gasteiger partial charge in [-0.2, -0.15) is 0 Å². The number of nitrogens with one attached hydrogen (secondary N) is 1. The molecule has 0 bridgehead atoms. The van der Waals surface area contributed by atoms with Gasteiger partial charge >= 0.3 is 0 Å². The molecule has 0 unspecified atom stereocenters. The summed E-state index contributed by atoms with van der Waals surface area (Å²) in [4.78, 5) is 17.3. The van der Waals surface area contributed by atoms with Crippen molar-refractivity contribution in [2.45, 2.75) is 13.3 Å². The fourth-order valence-corrected chi connectivity index (χ4v) is 3.43. The van der Waals surface area contributed by atoms with Gasteiger partial charge in [0, 0.05) is 11.4 Å². The second-order valence-corrected chi connectivity index (χ2v) is 6.78. The molecule has 0 aliphatic heterocycles. The minimum atomic E-state index is -0.567. The molecule has 6 heteroatoms. The molecule has 3 aromatic rings. The minimum absolute atomic E-state index is 0.0989. The Bertz CT molecular complexity index is 880. The number of rotatable bonds is 4. The van der Waals surface area contributed by atoms with Gasteiger partial charge in [0.25, 0.3) is 5.91 Å². The van der Waals surface area contributed by atoms with Crippen molar-refractivity contribution in [2.24, 2.45) is 0 Å². The lowest BCUT2D eigenvalue weighted by atomic mass is 10.2. The summed E-state index contributed by atoms with van der Waals surface area (Å²) in [6, 6.07) is 14.0. The van der Waals surface area contributed by atoms with E-state index in [0.29, 0.717) is 17.0 Å². The number of carbonyl (C=O) groups excluding carboxylic acids is 1. The third-order valence-electron chi connectivity index (χ3n) is 3.42. The highest BCUT2D eigenvalue weighted by Crippen LogP contribution is 2.24. The van der Waals surface area contributed by atoms with E-state index in [9.17, 15) is 9.18 Å². The van der Waals surface area contributed by atoms with Crippen LogP contribution in [0.25, 0.3) is 0 Å². The molecule has 0 radical (unpaired) electrons. The zero-order valence-corrected chi connectivity index (χ0v) is 14.4. The second-order valence-electron chi connectivity index (χ2n) is 5.26. The average Bonchev–Trinajstić information content (AvgIpc) is 2.91. The molecule has 0 aliphatic rings. The maximum atomic E-state index is 13.8. The summed E-state index contributed by atoms with van der Waals surface area (Å²) in [5.74, 6) is -0.937. The van der Waals surface area contributed by atoms with E-state index in [4.69, 9.17) is 11.6 Å². The largest absolute Gasteiger partial charge is 0.319 e. The molecule has 1 amide bonds. The molecule has 122 valence electrons. The standard InChI is InChI=1S/C18H14ClFN2OS/c1-11-17(18(23)22-15-8-7-13(19)10-14(15)20)24-16(21-11)9-12-5-3-2-4-6-12/h2-8,10H,9H2,1H3,(H,22,23). The number of hydrogen-bond acceptors (Lipinski definition) is 3. The van der Waals surface area contributed by atoms with Gasteiger partial charge in [-0.3, -0.25) is 4.79 Å². The molecule has 0 saturated carbocycles. The minimum Gasteiger partial charge on any atom is -0.319 e. The zero-order chi connectivity index (χ0) is 17.1. The number of thiazole rings is 1. The predicted octanol–water partition coefficient (Wildman–Crippen LogP) is 5.09. The number of halogens is 2. The van der Waals surface area contributed by atoms with Gasteiger partial charge in [-0.15, -0.1) is 11.3 Å². The molecule has 0 atom stereocenters. The van der Waals surface area contributed by atoms with E-state index < -0.39 is 5.82 Å². The van der Waals surface area contributed by atoms with Crippen molar-refractivity contribution in [3.63, 3.8) is 0 Å². The molecule has 2 aromatic carbocycles. The van der Waals surface area contributed by atoms with Crippen molar-refractivity contribution in [3.05, 3.63) is 80.5 Å². The van der Waals surface area contributed by atoms with E-state index in [0.717, 1.165) is 16.6 Å². The number of aromatic nitrogens is 1. The Morgan fingerprint density at radius 3 is 2.71 bits per heavy atom. The molecule has 0 aliphatic carbocycles. The number of amides is 1. The first kappa shape index (κ1) is 16.6. The lowest BCUT2D eigenvalue weighted by Crippen LogP contribution is -2.12. The Balaban J connectivity index is 1.78.